The summed E-state index contributed by atoms with van der Waals surface area (Å²) in [5.41, 5.74) is 32.2. The third kappa shape index (κ3) is 19.8. The number of nitrogens with zero attached hydrogens (tertiary/aromatic N) is 2. The molecule has 0 spiro atoms. The Kier molecular flexibility index (Phi) is 23.3. The number of amides is 11. The molecule has 0 aliphatic carbocycles. The zero-order valence-electron chi connectivity index (χ0n) is 36.1. The SMILES string of the molecule is CC(C)[C@H](NC(=O)CNC(=O)[C@H](CO)NC(=O)[C@@H]1CCCN1C(=O)[C@H](CCCN=C(N)N)NC(=O)[C@H](CC(N)=O)NC(=O)[C@H](CC(N)=O)NC(=O)[C@H](CC(N)=O)NC(=O)[C@H](C)N)C(=O)O. The van der Waals surface area contributed by atoms with Crippen molar-refractivity contribution in [1.29, 1.82) is 0 Å². The summed E-state index contributed by atoms with van der Waals surface area (Å²) in [6.07, 6.45) is -2.46. The van der Waals surface area contributed by atoms with Crippen molar-refractivity contribution in [3.8, 4) is 0 Å². The number of carboxylic acids is 1. The second-order valence-corrected chi connectivity index (χ2v) is 15.3. The van der Waals surface area contributed by atoms with Gasteiger partial charge in [-0.3, -0.25) is 57.7 Å². The van der Waals surface area contributed by atoms with Gasteiger partial charge in [0.05, 0.1) is 38.5 Å². The molecule has 29 nitrogen and oxygen atoms in total. The van der Waals surface area contributed by atoms with Crippen LogP contribution in [0.3, 0.4) is 0 Å². The van der Waals surface area contributed by atoms with Crippen molar-refractivity contribution in [3.05, 3.63) is 0 Å². The minimum Gasteiger partial charge on any atom is -0.480 e. The number of primary amides is 3. The fourth-order valence-corrected chi connectivity index (χ4v) is 6.11. The van der Waals surface area contributed by atoms with Crippen molar-refractivity contribution in [1.82, 2.24) is 42.1 Å². The number of nitrogens with one attached hydrogen (secondary N) is 7. The molecule has 0 bridgehead atoms. The highest BCUT2D eigenvalue weighted by Gasteiger charge is 2.40. The number of nitrogens with two attached hydrogens (primary N) is 6. The Labute approximate surface area is 372 Å². The maximum absolute atomic E-state index is 14.1. The quantitative estimate of drug-likeness (QED) is 0.0197. The second-order valence-electron chi connectivity index (χ2n) is 15.3. The van der Waals surface area contributed by atoms with Gasteiger partial charge in [0.2, 0.25) is 65.0 Å². The van der Waals surface area contributed by atoms with Gasteiger partial charge in [0.25, 0.3) is 0 Å². The molecule has 0 aromatic carbocycles. The number of carboxylic acid groups (broad SMARTS) is 1. The van der Waals surface area contributed by atoms with Crippen LogP contribution in [0.4, 0.5) is 0 Å². The number of carbonyl (C=O) groups excluding carboxylic acids is 11. The number of aliphatic hydroxyl groups is 1. The number of aliphatic imine (C=N–C) groups is 1. The molecule has 0 unspecified atom stereocenters. The Bertz CT molecular complexity index is 1820. The van der Waals surface area contributed by atoms with Crippen LogP contribution in [0, 0.1) is 5.92 Å². The summed E-state index contributed by atoms with van der Waals surface area (Å²) >= 11 is 0. The third-order valence-corrected chi connectivity index (χ3v) is 9.41. The van der Waals surface area contributed by atoms with Gasteiger partial charge in [0, 0.05) is 13.1 Å². The van der Waals surface area contributed by atoms with Gasteiger partial charge >= 0.3 is 5.97 Å². The molecule has 65 heavy (non-hydrogen) atoms. The Morgan fingerprint density at radius 2 is 1.14 bits per heavy atom. The van der Waals surface area contributed by atoms with Gasteiger partial charge in [0.1, 0.15) is 42.3 Å². The lowest BCUT2D eigenvalue weighted by Gasteiger charge is -2.30. The predicted molar refractivity (Wildman–Crippen MR) is 224 cm³/mol. The number of likely N-dealkylation sites (tertiary alicyclic amines) is 1. The summed E-state index contributed by atoms with van der Waals surface area (Å²) in [6, 6.07) is -12.3. The molecule has 1 aliphatic heterocycles. The molecule has 0 aromatic heterocycles. The first-order valence-electron chi connectivity index (χ1n) is 20.2. The zero-order chi connectivity index (χ0) is 49.7. The number of guanidine groups is 1. The highest BCUT2D eigenvalue weighted by molar-refractivity contribution is 6.00. The Morgan fingerprint density at radius 1 is 0.662 bits per heavy atom. The first-order chi connectivity index (χ1) is 30.3. The minimum atomic E-state index is -1.89. The number of rotatable bonds is 28. The van der Waals surface area contributed by atoms with Crippen molar-refractivity contribution >= 4 is 76.9 Å². The fourth-order valence-electron chi connectivity index (χ4n) is 6.11. The fraction of sp³-hybridized carbons (Fsp3) is 0.639. The lowest BCUT2D eigenvalue weighted by molar-refractivity contribution is -0.143. The van der Waals surface area contributed by atoms with Crippen LogP contribution in [0.5, 0.6) is 0 Å². The Hall–Kier alpha value is -7.17. The number of hydrogen-bond donors (Lipinski definition) is 15. The van der Waals surface area contributed by atoms with E-state index in [-0.39, 0.29) is 44.7 Å². The average molecular weight is 928 g/mol. The lowest BCUT2D eigenvalue weighted by Crippen LogP contribution is -2.61. The standard InChI is InChI=1S/C36H61N15O14/c1-15(2)27(35(64)65)50-26(56)13-44-29(58)21(14-52)49-33(62)22-7-5-9-51(22)34(63)17(6-4-8-43-36(41)42)45-30(59)19(11-24(39)54)47-32(61)20(12-25(40)55)48-31(60)18(10-23(38)53)46-28(57)16(3)37/h15-22,27,52H,4-14,37H2,1-3H3,(H2,38,53)(H2,39,54)(H2,40,55)(H,44,58)(H,45,59)(H,46,57)(H,47,61)(H,48,60)(H,49,62)(H,50,56)(H,64,65)(H4,41,42,43)/t16-,17-,18-,19-,20-,21-,22-,27-/m0/s1. The van der Waals surface area contributed by atoms with E-state index < -0.39 is 158 Å². The van der Waals surface area contributed by atoms with E-state index >= 15 is 0 Å². The topological polar surface area (TPSA) is 501 Å². The molecule has 1 heterocycles. The minimum absolute atomic E-state index is 0.0372. The van der Waals surface area contributed by atoms with Crippen LogP contribution >= 0.6 is 0 Å². The summed E-state index contributed by atoms with van der Waals surface area (Å²) < 4.78 is 0. The highest BCUT2D eigenvalue weighted by Crippen LogP contribution is 2.20. The molecule has 0 aromatic rings. The molecule has 0 radical (unpaired) electrons. The van der Waals surface area contributed by atoms with Crippen LogP contribution in [-0.2, 0) is 57.5 Å². The van der Waals surface area contributed by atoms with E-state index in [1.54, 1.807) is 13.8 Å². The first-order valence-corrected chi connectivity index (χ1v) is 20.2. The number of aliphatic hydroxyl groups excluding tert-OH is 1. The summed E-state index contributed by atoms with van der Waals surface area (Å²) in [7, 11) is 0. The average Bonchev–Trinajstić information content (AvgIpc) is 3.70. The van der Waals surface area contributed by atoms with Crippen LogP contribution in [0.2, 0.25) is 0 Å². The summed E-state index contributed by atoms with van der Waals surface area (Å²) in [5.74, 6) is -13.7. The predicted octanol–water partition coefficient (Wildman–Crippen LogP) is -9.24. The van der Waals surface area contributed by atoms with Gasteiger partial charge in [-0.2, -0.15) is 0 Å². The maximum atomic E-state index is 14.1. The molecule has 1 rings (SSSR count). The van der Waals surface area contributed by atoms with Crippen molar-refractivity contribution in [3.63, 3.8) is 0 Å². The number of aliphatic carboxylic acids is 1. The van der Waals surface area contributed by atoms with E-state index in [4.69, 9.17) is 34.4 Å². The van der Waals surface area contributed by atoms with Crippen LogP contribution in [0.15, 0.2) is 4.99 Å². The van der Waals surface area contributed by atoms with Crippen molar-refractivity contribution in [2.75, 3.05) is 26.2 Å². The molecule has 11 amide bonds. The zero-order valence-corrected chi connectivity index (χ0v) is 36.1. The third-order valence-electron chi connectivity index (χ3n) is 9.41. The van der Waals surface area contributed by atoms with Crippen LogP contribution in [0.25, 0.3) is 0 Å². The molecular weight excluding hydrogens is 866 g/mol. The smallest absolute Gasteiger partial charge is 0.326 e. The largest absolute Gasteiger partial charge is 0.480 e. The van der Waals surface area contributed by atoms with Gasteiger partial charge in [-0.05, 0) is 38.5 Å². The van der Waals surface area contributed by atoms with Crippen molar-refractivity contribution < 1.29 is 67.7 Å². The van der Waals surface area contributed by atoms with Gasteiger partial charge in [-0.25, -0.2) is 4.79 Å². The maximum Gasteiger partial charge on any atom is 0.326 e. The second kappa shape index (κ2) is 27.1. The van der Waals surface area contributed by atoms with Gasteiger partial charge in [-0.15, -0.1) is 0 Å². The number of carbonyl (C=O) groups is 12. The van der Waals surface area contributed by atoms with E-state index in [1.165, 1.54) is 6.92 Å². The van der Waals surface area contributed by atoms with E-state index in [9.17, 15) is 67.7 Å². The molecule has 0 saturated carbocycles. The molecule has 21 N–H and O–H groups in total. The highest BCUT2D eigenvalue weighted by atomic mass is 16.4. The summed E-state index contributed by atoms with van der Waals surface area (Å²) in [4.78, 5) is 157. The summed E-state index contributed by atoms with van der Waals surface area (Å²) in [5, 5.41) is 34.8. The Morgan fingerprint density at radius 3 is 1.55 bits per heavy atom. The molecule has 364 valence electrons. The molecule has 1 fully saturated rings. The molecule has 1 aliphatic rings. The van der Waals surface area contributed by atoms with E-state index in [2.05, 4.69) is 42.2 Å². The van der Waals surface area contributed by atoms with E-state index in [0.717, 1.165) is 4.90 Å². The molecule has 29 heteroatoms. The summed E-state index contributed by atoms with van der Waals surface area (Å²) in [6.45, 7) is 2.60. The number of hydrogen-bond acceptors (Lipinski definition) is 15. The monoisotopic (exact) mass is 927 g/mol. The molecular formula is C36H61N15O14. The van der Waals surface area contributed by atoms with Gasteiger partial charge in [-0.1, -0.05) is 13.8 Å². The Balaban J connectivity index is 3.34. The van der Waals surface area contributed by atoms with Crippen molar-refractivity contribution in [2.45, 2.75) is 114 Å². The van der Waals surface area contributed by atoms with E-state index in [0.29, 0.717) is 0 Å². The molecule has 1 saturated heterocycles. The van der Waals surface area contributed by atoms with Gasteiger partial charge in [0.15, 0.2) is 5.96 Å². The van der Waals surface area contributed by atoms with E-state index in [1.807, 2.05) is 0 Å². The van der Waals surface area contributed by atoms with Crippen LogP contribution < -0.4 is 71.6 Å². The van der Waals surface area contributed by atoms with Gasteiger partial charge < -0.3 is 86.7 Å². The van der Waals surface area contributed by atoms with Crippen LogP contribution in [0.1, 0.15) is 65.7 Å². The molecule has 8 atom stereocenters. The normalized spacial score (nSPS) is 16.4. The van der Waals surface area contributed by atoms with Crippen LogP contribution in [-0.4, -0.2) is 167 Å². The lowest BCUT2D eigenvalue weighted by atomic mass is 10.1. The first kappa shape index (κ1) is 55.8. The van der Waals surface area contributed by atoms with Crippen molar-refractivity contribution in [2.24, 2.45) is 45.3 Å².